The lowest BCUT2D eigenvalue weighted by atomic mass is 10.1. The van der Waals surface area contributed by atoms with Crippen LogP contribution in [0, 0.1) is 0 Å². The highest BCUT2D eigenvalue weighted by Gasteiger charge is 2.23. The van der Waals surface area contributed by atoms with Gasteiger partial charge in [-0.15, -0.1) is 10.2 Å². The first-order valence-corrected chi connectivity index (χ1v) is 7.06. The summed E-state index contributed by atoms with van der Waals surface area (Å²) in [5.41, 5.74) is 1.90. The van der Waals surface area contributed by atoms with Crippen LogP contribution in [0.15, 0.2) is 36.4 Å². The van der Waals surface area contributed by atoms with Crippen LogP contribution >= 0.6 is 0 Å². The van der Waals surface area contributed by atoms with Crippen molar-refractivity contribution < 1.29 is 9.47 Å². The molecule has 1 aromatic carbocycles. The molecule has 110 valence electrons. The molecule has 0 amide bonds. The second kappa shape index (κ2) is 6.10. The lowest BCUT2D eigenvalue weighted by molar-refractivity contribution is 0.121. The van der Waals surface area contributed by atoms with Gasteiger partial charge in [0.2, 0.25) is 0 Å². The van der Waals surface area contributed by atoms with Crippen molar-refractivity contribution in [1.82, 2.24) is 10.2 Å². The van der Waals surface area contributed by atoms with Crippen molar-refractivity contribution in [2.75, 3.05) is 32.2 Å². The fraction of sp³-hybridized carbons (Fsp3) is 0.375. The standard InChI is InChI=1S/C16H19N3O2/c1-20-13-5-3-12(4-6-13)15-7-8-16(18-17-15)19-10-9-14(11-19)21-2/h3-8,14H,9-11H2,1-2H3. The van der Waals surface area contributed by atoms with Crippen LogP contribution in [0.4, 0.5) is 5.82 Å². The molecule has 0 saturated carbocycles. The van der Waals surface area contributed by atoms with Crippen LogP contribution in [0.3, 0.4) is 0 Å². The van der Waals surface area contributed by atoms with Crippen molar-refractivity contribution in [3.63, 3.8) is 0 Å². The molecule has 1 saturated heterocycles. The van der Waals surface area contributed by atoms with E-state index in [0.717, 1.165) is 42.3 Å². The van der Waals surface area contributed by atoms with Crippen molar-refractivity contribution in [2.24, 2.45) is 0 Å². The molecule has 1 atom stereocenters. The maximum atomic E-state index is 5.38. The second-order valence-electron chi connectivity index (χ2n) is 5.10. The molecule has 0 bridgehead atoms. The van der Waals surface area contributed by atoms with E-state index in [0.29, 0.717) is 6.10 Å². The molecule has 1 aliphatic rings. The third-order valence-electron chi connectivity index (χ3n) is 3.84. The number of nitrogens with zero attached hydrogens (tertiary/aromatic N) is 3. The van der Waals surface area contributed by atoms with E-state index in [9.17, 15) is 0 Å². The van der Waals surface area contributed by atoms with E-state index in [4.69, 9.17) is 9.47 Å². The number of anilines is 1. The van der Waals surface area contributed by atoms with Crippen molar-refractivity contribution >= 4 is 5.82 Å². The molecule has 0 radical (unpaired) electrons. The minimum Gasteiger partial charge on any atom is -0.497 e. The summed E-state index contributed by atoms with van der Waals surface area (Å²) in [6.07, 6.45) is 1.34. The first kappa shape index (κ1) is 13.8. The zero-order chi connectivity index (χ0) is 14.7. The van der Waals surface area contributed by atoms with E-state index in [1.54, 1.807) is 14.2 Å². The van der Waals surface area contributed by atoms with E-state index in [1.165, 1.54) is 0 Å². The van der Waals surface area contributed by atoms with Crippen LogP contribution < -0.4 is 9.64 Å². The molecule has 21 heavy (non-hydrogen) atoms. The van der Waals surface area contributed by atoms with Gasteiger partial charge < -0.3 is 14.4 Å². The predicted molar refractivity (Wildman–Crippen MR) is 81.6 cm³/mol. The zero-order valence-electron chi connectivity index (χ0n) is 12.3. The van der Waals surface area contributed by atoms with Crippen molar-refractivity contribution in [3.8, 4) is 17.0 Å². The van der Waals surface area contributed by atoms with Crippen molar-refractivity contribution in [3.05, 3.63) is 36.4 Å². The van der Waals surface area contributed by atoms with E-state index in [2.05, 4.69) is 15.1 Å². The predicted octanol–water partition coefficient (Wildman–Crippen LogP) is 2.38. The van der Waals surface area contributed by atoms with E-state index in [-0.39, 0.29) is 0 Å². The summed E-state index contributed by atoms with van der Waals surface area (Å²) >= 11 is 0. The molecule has 5 heteroatoms. The molecule has 1 aliphatic heterocycles. The minimum absolute atomic E-state index is 0.299. The summed E-state index contributed by atoms with van der Waals surface area (Å²) in [6, 6.07) is 11.8. The summed E-state index contributed by atoms with van der Waals surface area (Å²) in [7, 11) is 3.42. The zero-order valence-corrected chi connectivity index (χ0v) is 12.3. The first-order chi connectivity index (χ1) is 10.3. The molecule has 1 unspecified atom stereocenters. The SMILES string of the molecule is COc1ccc(-c2ccc(N3CCC(OC)C3)nn2)cc1. The highest BCUT2D eigenvalue weighted by atomic mass is 16.5. The molecule has 1 aromatic heterocycles. The van der Waals surface area contributed by atoms with Crippen LogP contribution in [0.2, 0.25) is 0 Å². The number of rotatable bonds is 4. The van der Waals surface area contributed by atoms with Gasteiger partial charge in [0, 0.05) is 25.8 Å². The van der Waals surface area contributed by atoms with Crippen molar-refractivity contribution in [2.45, 2.75) is 12.5 Å². The average molecular weight is 285 g/mol. The first-order valence-electron chi connectivity index (χ1n) is 7.06. The van der Waals surface area contributed by atoms with Crippen LogP contribution in [0.5, 0.6) is 5.75 Å². The number of hydrogen-bond donors (Lipinski definition) is 0. The number of hydrogen-bond acceptors (Lipinski definition) is 5. The molecule has 1 fully saturated rings. The largest absolute Gasteiger partial charge is 0.497 e. The summed E-state index contributed by atoms with van der Waals surface area (Å²) in [4.78, 5) is 2.21. The summed E-state index contributed by atoms with van der Waals surface area (Å²) in [6.45, 7) is 1.85. The van der Waals surface area contributed by atoms with E-state index >= 15 is 0 Å². The Bertz CT molecular complexity index is 583. The number of benzene rings is 1. The number of aromatic nitrogens is 2. The third-order valence-corrected chi connectivity index (χ3v) is 3.84. The highest BCUT2D eigenvalue weighted by molar-refractivity contribution is 5.60. The van der Waals surface area contributed by atoms with Gasteiger partial charge in [-0.05, 0) is 42.8 Å². The van der Waals surface area contributed by atoms with E-state index < -0.39 is 0 Å². The van der Waals surface area contributed by atoms with Gasteiger partial charge >= 0.3 is 0 Å². The maximum Gasteiger partial charge on any atom is 0.151 e. The van der Waals surface area contributed by atoms with Crippen molar-refractivity contribution in [1.29, 1.82) is 0 Å². The Hall–Kier alpha value is -2.14. The van der Waals surface area contributed by atoms with Crippen LogP contribution in [0.25, 0.3) is 11.3 Å². The van der Waals surface area contributed by atoms with Gasteiger partial charge in [-0.2, -0.15) is 0 Å². The van der Waals surface area contributed by atoms with Gasteiger partial charge in [-0.3, -0.25) is 0 Å². The summed E-state index contributed by atoms with van der Waals surface area (Å²) in [5.74, 6) is 1.75. The minimum atomic E-state index is 0.299. The quantitative estimate of drug-likeness (QED) is 0.863. The molecule has 5 nitrogen and oxygen atoms in total. The van der Waals surface area contributed by atoms with Gasteiger partial charge in [0.1, 0.15) is 5.75 Å². The maximum absolute atomic E-state index is 5.38. The van der Waals surface area contributed by atoms with Crippen LogP contribution in [0.1, 0.15) is 6.42 Å². The Labute approximate surface area is 124 Å². The Morgan fingerprint density at radius 3 is 2.43 bits per heavy atom. The molecule has 2 heterocycles. The Morgan fingerprint density at radius 1 is 1.05 bits per heavy atom. The monoisotopic (exact) mass is 285 g/mol. The topological polar surface area (TPSA) is 47.5 Å². The van der Waals surface area contributed by atoms with E-state index in [1.807, 2.05) is 36.4 Å². The van der Waals surface area contributed by atoms with Gasteiger partial charge in [0.05, 0.1) is 18.9 Å². The van der Waals surface area contributed by atoms with Crippen LogP contribution in [-0.4, -0.2) is 43.6 Å². The number of ether oxygens (including phenoxy) is 2. The molecule has 0 aliphatic carbocycles. The molecule has 3 rings (SSSR count). The smallest absolute Gasteiger partial charge is 0.151 e. The molecule has 0 N–H and O–H groups in total. The number of methoxy groups -OCH3 is 2. The normalized spacial score (nSPS) is 18.0. The fourth-order valence-electron chi connectivity index (χ4n) is 2.54. The Kier molecular flexibility index (Phi) is 4.01. The molecule has 2 aromatic rings. The second-order valence-corrected chi connectivity index (χ2v) is 5.10. The molecular weight excluding hydrogens is 266 g/mol. The Balaban J connectivity index is 1.74. The summed E-state index contributed by atoms with van der Waals surface area (Å²) < 4.78 is 10.5. The Morgan fingerprint density at radius 2 is 1.86 bits per heavy atom. The average Bonchev–Trinajstić information content (AvgIpc) is 3.04. The van der Waals surface area contributed by atoms with Gasteiger partial charge in [0.15, 0.2) is 5.82 Å². The summed E-state index contributed by atoms with van der Waals surface area (Å²) in [5, 5.41) is 8.66. The van der Waals surface area contributed by atoms with Gasteiger partial charge in [-0.1, -0.05) is 0 Å². The highest BCUT2D eigenvalue weighted by Crippen LogP contribution is 2.23. The molecular formula is C16H19N3O2. The lowest BCUT2D eigenvalue weighted by Gasteiger charge is -2.16. The molecule has 0 spiro atoms. The van der Waals surface area contributed by atoms with Crippen LogP contribution in [-0.2, 0) is 4.74 Å². The third kappa shape index (κ3) is 2.97. The fourth-order valence-corrected chi connectivity index (χ4v) is 2.54. The lowest BCUT2D eigenvalue weighted by Crippen LogP contribution is -2.23. The van der Waals surface area contributed by atoms with Gasteiger partial charge in [-0.25, -0.2) is 0 Å². The van der Waals surface area contributed by atoms with Gasteiger partial charge in [0.25, 0.3) is 0 Å².